The predicted octanol–water partition coefficient (Wildman–Crippen LogP) is 5.75. The Hall–Kier alpha value is -3.02. The molecule has 3 nitrogen and oxygen atoms in total. The second-order valence-electron chi connectivity index (χ2n) is 7.26. The first-order valence-corrected chi connectivity index (χ1v) is 10.0. The average Bonchev–Trinajstić information content (AvgIpc) is 2.80. The van der Waals surface area contributed by atoms with E-state index in [1.807, 2.05) is 60.7 Å². The molecule has 1 radical (unpaired) electrons. The van der Waals surface area contributed by atoms with Crippen molar-refractivity contribution in [2.24, 2.45) is 0 Å². The minimum Gasteiger partial charge on any atom is -0.372 e. The van der Waals surface area contributed by atoms with E-state index in [1.165, 1.54) is 19.3 Å². The summed E-state index contributed by atoms with van der Waals surface area (Å²) in [6, 6.07) is 21.2. The number of carbonyl (C=O) groups excluding carboxylic acids is 2. The topological polar surface area (TPSA) is 37.4 Å². The molecule has 0 N–H and O–H groups in total. The smallest absolute Gasteiger partial charge is 0.372 e. The molecule has 153 valence electrons. The Kier molecular flexibility index (Phi) is 7.72. The zero-order chi connectivity index (χ0) is 21.3. The first-order valence-electron chi connectivity index (χ1n) is 10.0. The molecule has 1 heterocycles. The lowest BCUT2D eigenvalue weighted by Crippen LogP contribution is -2.29. The number of anilines is 1. The van der Waals surface area contributed by atoms with Crippen LogP contribution < -0.4 is 4.90 Å². The summed E-state index contributed by atoms with van der Waals surface area (Å²) >= 11 is 0. The fourth-order valence-electron chi connectivity index (χ4n) is 3.72. The molecule has 1 aliphatic rings. The highest BCUT2D eigenvalue weighted by Crippen LogP contribution is 2.21. The summed E-state index contributed by atoms with van der Waals surface area (Å²) in [5.41, 5.74) is 2.35. The van der Waals surface area contributed by atoms with Gasteiger partial charge in [-0.05, 0) is 60.4 Å². The number of benzene rings is 3. The van der Waals surface area contributed by atoms with Crippen LogP contribution in [0.15, 0.2) is 66.7 Å². The largest absolute Gasteiger partial charge is 0.577 e. The van der Waals surface area contributed by atoms with Crippen molar-refractivity contribution in [1.29, 1.82) is 0 Å². The van der Waals surface area contributed by atoms with Gasteiger partial charge in [0.2, 0.25) is 0 Å². The van der Waals surface area contributed by atoms with Crippen molar-refractivity contribution in [1.82, 2.24) is 0 Å². The van der Waals surface area contributed by atoms with Crippen molar-refractivity contribution in [3.05, 3.63) is 77.9 Å². The maximum atomic E-state index is 12.6. The molecule has 0 aromatic heterocycles. The van der Waals surface area contributed by atoms with E-state index in [0.717, 1.165) is 29.5 Å². The second-order valence-corrected chi connectivity index (χ2v) is 7.26. The molecule has 3 aromatic carbocycles. The molecular weight excluding hydrogens is 383 g/mol. The summed E-state index contributed by atoms with van der Waals surface area (Å²) in [5, 5.41) is 2.11. The summed E-state index contributed by atoms with van der Waals surface area (Å²) in [4.78, 5) is 27.5. The van der Waals surface area contributed by atoms with E-state index in [9.17, 15) is 18.2 Å². The summed E-state index contributed by atoms with van der Waals surface area (Å²) in [7, 11) is -1.00. The maximum absolute atomic E-state index is 12.6. The van der Waals surface area contributed by atoms with Crippen LogP contribution in [0.3, 0.4) is 0 Å². The van der Waals surface area contributed by atoms with Crippen molar-refractivity contribution in [2.45, 2.75) is 25.7 Å². The highest BCUT2D eigenvalue weighted by atomic mass is 19.2. The molecule has 3 aromatic rings. The quantitative estimate of drug-likeness (QED) is 0.308. The average molecular weight is 406 g/mol. The minimum atomic E-state index is -1.00. The highest BCUT2D eigenvalue weighted by Gasteiger charge is 2.15. The molecule has 30 heavy (non-hydrogen) atoms. The summed E-state index contributed by atoms with van der Waals surface area (Å²) in [6.07, 6.45) is 3.65. The summed E-state index contributed by atoms with van der Waals surface area (Å²) in [5.74, 6) is -0.260. The van der Waals surface area contributed by atoms with Crippen molar-refractivity contribution in [3.63, 3.8) is 0 Å². The van der Waals surface area contributed by atoms with Crippen LogP contribution in [-0.2, 0) is 0 Å². The van der Waals surface area contributed by atoms with Crippen LogP contribution in [0.25, 0.3) is 10.8 Å². The first-order chi connectivity index (χ1) is 14.6. The number of rotatable bonds is 5. The van der Waals surface area contributed by atoms with Gasteiger partial charge in [-0.2, -0.15) is 0 Å². The maximum Gasteiger partial charge on any atom is 0.577 e. The van der Waals surface area contributed by atoms with Gasteiger partial charge in [-0.25, -0.2) is 0 Å². The fraction of sp³-hybridized carbons (Fsp3) is 0.250. The Morgan fingerprint density at radius 2 is 1.33 bits per heavy atom. The van der Waals surface area contributed by atoms with Crippen LogP contribution in [0.2, 0.25) is 0 Å². The van der Waals surface area contributed by atoms with Crippen LogP contribution >= 0.6 is 0 Å². The zero-order valence-corrected chi connectivity index (χ0v) is 16.7. The van der Waals surface area contributed by atoms with Gasteiger partial charge in [0.1, 0.15) is 0 Å². The number of fused-ring (bicyclic) bond motifs is 1. The monoisotopic (exact) mass is 406 g/mol. The van der Waals surface area contributed by atoms with Gasteiger partial charge in [-0.1, -0.05) is 36.4 Å². The number of halogens is 2. The van der Waals surface area contributed by atoms with E-state index in [0.29, 0.717) is 11.1 Å². The van der Waals surface area contributed by atoms with Gasteiger partial charge < -0.3 is 4.90 Å². The molecule has 1 fully saturated rings. The van der Waals surface area contributed by atoms with Gasteiger partial charge in [0.05, 0.1) is 6.42 Å². The van der Waals surface area contributed by atoms with Gasteiger partial charge >= 0.3 is 7.83 Å². The fourth-order valence-corrected chi connectivity index (χ4v) is 3.72. The second kappa shape index (κ2) is 10.7. The van der Waals surface area contributed by atoms with Crippen LogP contribution in [0.5, 0.6) is 0 Å². The van der Waals surface area contributed by atoms with E-state index >= 15 is 0 Å². The van der Waals surface area contributed by atoms with Crippen molar-refractivity contribution in [3.8, 4) is 0 Å². The molecule has 1 saturated heterocycles. The Bertz CT molecular complexity index is 1000. The molecule has 0 spiro atoms. The van der Waals surface area contributed by atoms with E-state index in [4.69, 9.17) is 0 Å². The molecule has 0 aliphatic carbocycles. The Morgan fingerprint density at radius 1 is 0.767 bits per heavy atom. The van der Waals surface area contributed by atoms with E-state index in [2.05, 4.69) is 4.90 Å². The molecule has 0 atom stereocenters. The van der Waals surface area contributed by atoms with E-state index < -0.39 is 7.83 Å². The van der Waals surface area contributed by atoms with Gasteiger partial charge in [-0.3, -0.25) is 18.2 Å². The lowest BCUT2D eigenvalue weighted by Gasteiger charge is -2.28. The van der Waals surface area contributed by atoms with Crippen LogP contribution in [0, 0.1) is 0 Å². The highest BCUT2D eigenvalue weighted by molar-refractivity contribution is 6.15. The van der Waals surface area contributed by atoms with Crippen molar-refractivity contribution in [2.75, 3.05) is 18.0 Å². The third kappa shape index (κ3) is 5.53. The van der Waals surface area contributed by atoms with Gasteiger partial charge in [0, 0.05) is 29.9 Å². The third-order valence-corrected chi connectivity index (χ3v) is 5.30. The van der Waals surface area contributed by atoms with Gasteiger partial charge in [-0.15, -0.1) is 0 Å². The molecule has 0 amide bonds. The number of carbonyl (C=O) groups is 2. The number of piperidine rings is 1. The number of Topliss-reactive ketones (excluding diaryl/α,β-unsaturated/α-hetero) is 2. The van der Waals surface area contributed by atoms with Crippen LogP contribution in [-0.4, -0.2) is 32.5 Å². The summed E-state index contributed by atoms with van der Waals surface area (Å²) < 4.78 is 19.0. The lowest BCUT2D eigenvalue weighted by molar-refractivity contribution is 0.0894. The molecule has 1 aliphatic heterocycles. The number of hydrogen-bond donors (Lipinski definition) is 0. The molecule has 0 bridgehead atoms. The number of ketones is 2. The lowest BCUT2D eigenvalue weighted by atomic mass is 9.99. The molecule has 0 saturated carbocycles. The number of hydrogen-bond acceptors (Lipinski definition) is 3. The third-order valence-electron chi connectivity index (χ3n) is 5.30. The normalized spacial score (nSPS) is 13.3. The zero-order valence-electron chi connectivity index (χ0n) is 16.7. The SMILES string of the molecule is F[B]F.O=C(CC(=O)c1ccc2ccccc2c1)c1ccc(N2CCCCC2)cc1. The van der Waals surface area contributed by atoms with E-state index in [-0.39, 0.29) is 18.0 Å². The molecule has 0 unspecified atom stereocenters. The van der Waals surface area contributed by atoms with Crippen molar-refractivity contribution < 1.29 is 18.2 Å². The predicted molar refractivity (Wildman–Crippen MR) is 118 cm³/mol. The molecular formula is C24H23BF2NO2. The Balaban J connectivity index is 0.000000806. The Morgan fingerprint density at radius 3 is 2.00 bits per heavy atom. The van der Waals surface area contributed by atoms with Gasteiger partial charge in [0.25, 0.3) is 0 Å². The number of nitrogens with zero attached hydrogens (tertiary/aromatic N) is 1. The van der Waals surface area contributed by atoms with E-state index in [1.54, 1.807) is 6.07 Å². The standard InChI is InChI=1S/C24H23NO2.BF2/c26-23(19-10-12-22(13-11-19)25-14-4-1-5-15-25)17-24(27)21-9-8-18-6-2-3-7-20(18)16-21;2-1-3/h2-3,6-13,16H,1,4-5,14-15,17H2;. The van der Waals surface area contributed by atoms with Crippen molar-refractivity contribution >= 4 is 35.9 Å². The van der Waals surface area contributed by atoms with Crippen LogP contribution in [0.4, 0.5) is 14.3 Å². The Labute approximate surface area is 176 Å². The molecule has 4 rings (SSSR count). The first kappa shape index (κ1) is 21.7. The summed E-state index contributed by atoms with van der Waals surface area (Å²) in [6.45, 7) is 2.15. The minimum absolute atomic E-state index is 0.0958. The van der Waals surface area contributed by atoms with Crippen LogP contribution in [0.1, 0.15) is 46.4 Å². The van der Waals surface area contributed by atoms with Gasteiger partial charge in [0.15, 0.2) is 11.6 Å². The molecule has 6 heteroatoms.